The van der Waals surface area contributed by atoms with E-state index in [1.807, 2.05) is 18.2 Å². The van der Waals surface area contributed by atoms with Crippen LogP contribution in [0.3, 0.4) is 0 Å². The van der Waals surface area contributed by atoms with Gasteiger partial charge in [0.05, 0.1) is 12.4 Å². The van der Waals surface area contributed by atoms with Gasteiger partial charge in [0, 0.05) is 11.9 Å². The van der Waals surface area contributed by atoms with Crippen LogP contribution in [0, 0.1) is 0 Å². The van der Waals surface area contributed by atoms with Gasteiger partial charge in [0.25, 0.3) is 0 Å². The second-order valence-electron chi connectivity index (χ2n) is 3.07. The molecule has 7 nitrogen and oxygen atoms in total. The van der Waals surface area contributed by atoms with Gasteiger partial charge in [-0.1, -0.05) is 21.7 Å². The minimum absolute atomic E-state index is 0.248. The molecule has 2 aromatic heterocycles. The number of aromatic nitrogens is 4. The maximum absolute atomic E-state index is 11.2. The van der Waals surface area contributed by atoms with E-state index in [4.69, 9.17) is 4.74 Å². The molecule has 0 aliphatic rings. The van der Waals surface area contributed by atoms with Crippen LogP contribution in [0.15, 0.2) is 41.8 Å². The van der Waals surface area contributed by atoms with Gasteiger partial charge in [-0.3, -0.25) is 4.84 Å². The summed E-state index contributed by atoms with van der Waals surface area (Å²) in [7, 11) is 3.07. The Kier molecular flexibility index (Phi) is 5.50. The molecule has 0 saturated carbocycles. The molecule has 100 valence electrons. The molecule has 0 N–H and O–H groups in total. The van der Waals surface area contributed by atoms with E-state index in [1.54, 1.807) is 17.0 Å². The molecule has 0 aliphatic carbocycles. The predicted octanol–water partition coefficient (Wildman–Crippen LogP) is 1.68. The number of nitrogens with zero attached hydrogens (tertiary/aromatic N) is 4. The fourth-order valence-corrected chi connectivity index (χ4v) is 2.71. The van der Waals surface area contributed by atoms with E-state index in [2.05, 4.69) is 20.1 Å². The van der Waals surface area contributed by atoms with Gasteiger partial charge in [0.15, 0.2) is 0 Å². The highest BCUT2D eigenvalue weighted by Crippen LogP contribution is 2.28. The Hall–Kier alpha value is -1.74. The van der Waals surface area contributed by atoms with Crippen LogP contribution in [0.2, 0.25) is 0 Å². The van der Waals surface area contributed by atoms with Crippen molar-refractivity contribution < 1.29 is 14.4 Å². The molecule has 0 unspecified atom stereocenters. The molecule has 0 fully saturated rings. The Morgan fingerprint density at radius 1 is 1.37 bits per heavy atom. The minimum atomic E-state index is -0.811. The summed E-state index contributed by atoms with van der Waals surface area (Å²) < 4.78 is 4.85. The predicted molar refractivity (Wildman–Crippen MR) is 70.5 cm³/mol. The van der Waals surface area contributed by atoms with Gasteiger partial charge in [0.1, 0.15) is 11.6 Å². The minimum Gasteiger partial charge on any atom is -0.432 e. The molecule has 2 heterocycles. The first kappa shape index (κ1) is 13.7. The van der Waals surface area contributed by atoms with Crippen LogP contribution < -0.4 is 4.84 Å². The van der Waals surface area contributed by atoms with Gasteiger partial charge >= 0.3 is 6.16 Å². The van der Waals surface area contributed by atoms with Crippen molar-refractivity contribution in [1.82, 2.24) is 20.1 Å². The zero-order valence-electron chi connectivity index (χ0n) is 9.71. The highest BCUT2D eigenvalue weighted by Gasteiger charge is 2.06. The third kappa shape index (κ3) is 5.18. The van der Waals surface area contributed by atoms with Gasteiger partial charge in [-0.25, -0.2) is 9.78 Å². The molecule has 0 aromatic carbocycles. The monoisotopic (exact) mass is 298 g/mol. The molecule has 0 amide bonds. The van der Waals surface area contributed by atoms with E-state index in [9.17, 15) is 4.79 Å². The Bertz CT molecular complexity index is 495. The van der Waals surface area contributed by atoms with Gasteiger partial charge in [-0.2, -0.15) is 0 Å². The maximum atomic E-state index is 11.2. The quantitative estimate of drug-likeness (QED) is 0.345. The summed E-state index contributed by atoms with van der Waals surface area (Å²) in [6.45, 7) is 0.248. The van der Waals surface area contributed by atoms with Crippen molar-refractivity contribution in [2.24, 2.45) is 0 Å². The molecule has 2 aromatic rings. The molecule has 0 radical (unpaired) electrons. The van der Waals surface area contributed by atoms with E-state index in [0.717, 1.165) is 9.87 Å². The molecule has 0 saturated heterocycles. The molecule has 0 spiro atoms. The molecule has 0 aliphatic heterocycles. The van der Waals surface area contributed by atoms with Gasteiger partial charge in [0.2, 0.25) is 0 Å². The number of carbonyl (C=O) groups is 1. The Morgan fingerprint density at radius 3 is 3.05 bits per heavy atom. The lowest BCUT2D eigenvalue weighted by atomic mass is 10.5. The van der Waals surface area contributed by atoms with Crippen LogP contribution >= 0.6 is 21.6 Å². The summed E-state index contributed by atoms with van der Waals surface area (Å²) in [4.78, 5) is 20.9. The van der Waals surface area contributed by atoms with E-state index in [-0.39, 0.29) is 6.61 Å². The zero-order valence-corrected chi connectivity index (χ0v) is 11.3. The molecule has 0 atom stereocenters. The van der Waals surface area contributed by atoms with Gasteiger partial charge < -0.3 is 4.74 Å². The molecule has 2 rings (SSSR count). The van der Waals surface area contributed by atoms with Crippen molar-refractivity contribution in [2.45, 2.75) is 5.03 Å². The van der Waals surface area contributed by atoms with Crippen molar-refractivity contribution in [3.05, 3.63) is 36.8 Å². The smallest absolute Gasteiger partial charge is 0.432 e. The maximum Gasteiger partial charge on any atom is 0.535 e. The lowest BCUT2D eigenvalue weighted by molar-refractivity contribution is 0.0394. The topological polar surface area (TPSA) is 79.1 Å². The summed E-state index contributed by atoms with van der Waals surface area (Å²) in [5.41, 5.74) is 0. The zero-order chi connectivity index (χ0) is 13.3. The molecule has 19 heavy (non-hydrogen) atoms. The van der Waals surface area contributed by atoms with E-state index in [0.29, 0.717) is 5.75 Å². The fraction of sp³-hybridized carbons (Fsp3) is 0.200. The first-order valence-corrected chi connectivity index (χ1v) is 7.58. The Balaban J connectivity index is 1.56. The largest absolute Gasteiger partial charge is 0.535 e. The summed E-state index contributed by atoms with van der Waals surface area (Å²) in [6.07, 6.45) is 3.71. The molecule has 0 bridgehead atoms. The molecule has 9 heteroatoms. The Morgan fingerprint density at radius 2 is 2.32 bits per heavy atom. The highest BCUT2D eigenvalue weighted by atomic mass is 33.1. The van der Waals surface area contributed by atoms with E-state index in [1.165, 1.54) is 23.2 Å². The van der Waals surface area contributed by atoms with Crippen molar-refractivity contribution in [3.63, 3.8) is 0 Å². The van der Waals surface area contributed by atoms with Crippen LogP contribution in [0.1, 0.15) is 0 Å². The van der Waals surface area contributed by atoms with Crippen LogP contribution in [0.4, 0.5) is 4.79 Å². The number of hydrogen-bond donors (Lipinski definition) is 0. The summed E-state index contributed by atoms with van der Waals surface area (Å²) >= 11 is 0. The lowest BCUT2D eigenvalue weighted by Crippen LogP contribution is -2.22. The average Bonchev–Trinajstić information content (AvgIpc) is 2.92. The van der Waals surface area contributed by atoms with Crippen LogP contribution in [-0.4, -0.2) is 38.7 Å². The summed E-state index contributed by atoms with van der Waals surface area (Å²) in [6, 6.07) is 5.69. The summed E-state index contributed by atoms with van der Waals surface area (Å²) in [5, 5.41) is 7.87. The van der Waals surface area contributed by atoms with Gasteiger partial charge in [-0.05, 0) is 28.1 Å². The number of hydrogen-bond acceptors (Lipinski definition) is 8. The Labute approximate surface area is 117 Å². The SMILES string of the molecule is O=C(OCCSSc1ccccn1)On1ccnn1. The van der Waals surface area contributed by atoms with E-state index < -0.39 is 6.16 Å². The van der Waals surface area contributed by atoms with Crippen LogP contribution in [0.5, 0.6) is 0 Å². The molecular weight excluding hydrogens is 288 g/mol. The third-order valence-corrected chi connectivity index (χ3v) is 3.97. The van der Waals surface area contributed by atoms with Crippen LogP contribution in [-0.2, 0) is 4.74 Å². The normalized spacial score (nSPS) is 10.1. The molecular formula is C10H10N4O3S2. The number of pyridine rings is 1. The second-order valence-corrected chi connectivity index (χ2v) is 5.50. The van der Waals surface area contributed by atoms with Gasteiger partial charge in [-0.15, -0.1) is 5.10 Å². The first-order valence-electron chi connectivity index (χ1n) is 5.26. The third-order valence-electron chi connectivity index (χ3n) is 1.74. The number of ether oxygens (including phenoxy) is 1. The number of rotatable bonds is 6. The average molecular weight is 298 g/mol. The van der Waals surface area contributed by atoms with Crippen LogP contribution in [0.25, 0.3) is 0 Å². The standard InChI is InChI=1S/C10H10N4O3S2/c15-10(17-14-6-5-12-13-14)16-7-8-18-19-9-3-1-2-4-11-9/h1-6H,7-8H2. The van der Waals surface area contributed by atoms with Crippen molar-refractivity contribution >= 4 is 27.7 Å². The lowest BCUT2D eigenvalue weighted by Gasteiger charge is -2.03. The van der Waals surface area contributed by atoms with E-state index >= 15 is 0 Å². The van der Waals surface area contributed by atoms with Crippen molar-refractivity contribution in [3.8, 4) is 0 Å². The first-order chi connectivity index (χ1) is 9.34. The summed E-state index contributed by atoms with van der Waals surface area (Å²) in [5.74, 6) is 0.633. The van der Waals surface area contributed by atoms with Crippen molar-refractivity contribution in [2.75, 3.05) is 12.4 Å². The van der Waals surface area contributed by atoms with Crippen molar-refractivity contribution in [1.29, 1.82) is 0 Å². The number of carbonyl (C=O) groups excluding carboxylic acids is 1. The highest BCUT2D eigenvalue weighted by molar-refractivity contribution is 8.76. The second kappa shape index (κ2) is 7.64. The fourth-order valence-electron chi connectivity index (χ4n) is 1.01.